The van der Waals surface area contributed by atoms with Gasteiger partial charge in [-0.05, 0) is 47.7 Å². The second-order valence-electron chi connectivity index (χ2n) is 5.63. The number of aliphatic hydroxyl groups is 1. The van der Waals surface area contributed by atoms with Crippen LogP contribution in [0.15, 0.2) is 36.4 Å². The van der Waals surface area contributed by atoms with Gasteiger partial charge in [-0.3, -0.25) is 0 Å². The van der Waals surface area contributed by atoms with Crippen LogP contribution in [0.5, 0.6) is 0 Å². The van der Waals surface area contributed by atoms with Crippen LogP contribution in [0.1, 0.15) is 48.0 Å². The third kappa shape index (κ3) is 2.80. The predicted octanol–water partition coefficient (Wildman–Crippen LogP) is 5.97. The SMILES string of the molecule is C[C@@H]1C[C@@H](c2ccc(Cl)cc2)[C@H](O)c2c(Cl)cc(Cl)cc21. The number of halogens is 3. The second-order valence-corrected chi connectivity index (χ2v) is 6.91. The molecule has 1 N–H and O–H groups in total. The zero-order valence-corrected chi connectivity index (χ0v) is 13.8. The van der Waals surface area contributed by atoms with E-state index in [0.717, 1.165) is 23.1 Å². The Balaban J connectivity index is 2.06. The van der Waals surface area contributed by atoms with Crippen molar-refractivity contribution < 1.29 is 5.11 Å². The summed E-state index contributed by atoms with van der Waals surface area (Å²) in [6.45, 7) is 2.14. The van der Waals surface area contributed by atoms with E-state index in [0.29, 0.717) is 21.0 Å². The first-order chi connectivity index (χ1) is 9.97. The molecule has 0 bridgehead atoms. The number of aliphatic hydroxyl groups excluding tert-OH is 1. The molecular weight excluding hydrogens is 327 g/mol. The first-order valence-electron chi connectivity index (χ1n) is 6.89. The summed E-state index contributed by atoms with van der Waals surface area (Å²) in [6.07, 6.45) is 0.231. The molecule has 0 aliphatic heterocycles. The quantitative estimate of drug-likeness (QED) is 0.677. The number of rotatable bonds is 1. The van der Waals surface area contributed by atoms with E-state index in [1.165, 1.54) is 0 Å². The van der Waals surface area contributed by atoms with Crippen LogP contribution in [-0.2, 0) is 0 Å². The van der Waals surface area contributed by atoms with E-state index < -0.39 is 6.10 Å². The van der Waals surface area contributed by atoms with Gasteiger partial charge in [-0.15, -0.1) is 0 Å². The van der Waals surface area contributed by atoms with Gasteiger partial charge in [0.1, 0.15) is 0 Å². The maximum absolute atomic E-state index is 10.8. The minimum Gasteiger partial charge on any atom is -0.388 e. The molecule has 0 fully saturated rings. The van der Waals surface area contributed by atoms with Crippen molar-refractivity contribution in [3.05, 3.63) is 68.2 Å². The van der Waals surface area contributed by atoms with Gasteiger partial charge in [-0.1, -0.05) is 53.9 Å². The summed E-state index contributed by atoms with van der Waals surface area (Å²) in [4.78, 5) is 0. The molecule has 3 rings (SSSR count). The van der Waals surface area contributed by atoms with Gasteiger partial charge in [-0.2, -0.15) is 0 Å². The molecular formula is C17H15Cl3O. The molecule has 0 aromatic heterocycles. The fourth-order valence-electron chi connectivity index (χ4n) is 3.19. The molecule has 110 valence electrons. The van der Waals surface area contributed by atoms with Gasteiger partial charge >= 0.3 is 0 Å². The largest absolute Gasteiger partial charge is 0.388 e. The second kappa shape index (κ2) is 5.81. The van der Waals surface area contributed by atoms with E-state index in [9.17, 15) is 5.11 Å². The first-order valence-corrected chi connectivity index (χ1v) is 8.03. The molecule has 0 heterocycles. The summed E-state index contributed by atoms with van der Waals surface area (Å²) in [5, 5.41) is 12.6. The van der Waals surface area contributed by atoms with E-state index >= 15 is 0 Å². The van der Waals surface area contributed by atoms with Crippen molar-refractivity contribution in [1.29, 1.82) is 0 Å². The Bertz CT molecular complexity index is 666. The lowest BCUT2D eigenvalue weighted by Gasteiger charge is -2.35. The fourth-order valence-corrected chi connectivity index (χ4v) is 3.94. The van der Waals surface area contributed by atoms with Crippen LogP contribution in [0.2, 0.25) is 15.1 Å². The maximum atomic E-state index is 10.8. The van der Waals surface area contributed by atoms with E-state index in [1.54, 1.807) is 6.07 Å². The Labute approximate surface area is 139 Å². The van der Waals surface area contributed by atoms with E-state index in [4.69, 9.17) is 34.8 Å². The van der Waals surface area contributed by atoms with E-state index in [1.807, 2.05) is 30.3 Å². The standard InChI is InChI=1S/C17H15Cl3O/c1-9-6-14(10-2-4-11(18)5-3-10)17(21)16-13(9)7-12(19)8-15(16)20/h2-5,7-9,14,17,21H,6H2,1H3/t9-,14+,17+/m1/s1. The van der Waals surface area contributed by atoms with Crippen LogP contribution in [0, 0.1) is 0 Å². The molecule has 0 unspecified atom stereocenters. The van der Waals surface area contributed by atoms with Gasteiger partial charge in [0.05, 0.1) is 6.10 Å². The van der Waals surface area contributed by atoms with Crippen LogP contribution >= 0.6 is 34.8 Å². The molecule has 2 aromatic rings. The third-order valence-corrected chi connectivity index (χ3v) is 5.02. The summed E-state index contributed by atoms with van der Waals surface area (Å²) in [7, 11) is 0. The highest BCUT2D eigenvalue weighted by Crippen LogP contribution is 2.49. The van der Waals surface area contributed by atoms with Crippen LogP contribution in [0.25, 0.3) is 0 Å². The van der Waals surface area contributed by atoms with Crippen molar-refractivity contribution in [2.75, 3.05) is 0 Å². The third-order valence-electron chi connectivity index (χ3n) is 4.24. The number of hydrogen-bond donors (Lipinski definition) is 1. The highest BCUT2D eigenvalue weighted by molar-refractivity contribution is 6.35. The molecule has 1 aliphatic carbocycles. The highest BCUT2D eigenvalue weighted by atomic mass is 35.5. The highest BCUT2D eigenvalue weighted by Gasteiger charge is 2.34. The van der Waals surface area contributed by atoms with Crippen molar-refractivity contribution in [1.82, 2.24) is 0 Å². The molecule has 1 nitrogen and oxygen atoms in total. The van der Waals surface area contributed by atoms with Gasteiger partial charge in [0.25, 0.3) is 0 Å². The van der Waals surface area contributed by atoms with E-state index in [2.05, 4.69) is 6.92 Å². The van der Waals surface area contributed by atoms with Crippen molar-refractivity contribution in [2.45, 2.75) is 31.3 Å². The summed E-state index contributed by atoms with van der Waals surface area (Å²) in [5.41, 5.74) is 2.93. The van der Waals surface area contributed by atoms with E-state index in [-0.39, 0.29) is 5.92 Å². The fraction of sp³-hybridized carbons (Fsp3) is 0.294. The van der Waals surface area contributed by atoms with Crippen molar-refractivity contribution in [3.8, 4) is 0 Å². The van der Waals surface area contributed by atoms with Crippen LogP contribution < -0.4 is 0 Å². The maximum Gasteiger partial charge on any atom is 0.0875 e. The first kappa shape index (κ1) is 15.2. The van der Waals surface area contributed by atoms with Crippen molar-refractivity contribution >= 4 is 34.8 Å². The molecule has 21 heavy (non-hydrogen) atoms. The smallest absolute Gasteiger partial charge is 0.0875 e. The molecule has 1 aliphatic rings. The van der Waals surface area contributed by atoms with Gasteiger partial charge < -0.3 is 5.11 Å². The molecule has 3 atom stereocenters. The van der Waals surface area contributed by atoms with Crippen molar-refractivity contribution in [3.63, 3.8) is 0 Å². The molecule has 0 amide bonds. The molecule has 0 radical (unpaired) electrons. The predicted molar refractivity (Wildman–Crippen MR) is 88.6 cm³/mol. The van der Waals surface area contributed by atoms with Gasteiger partial charge in [0.15, 0.2) is 0 Å². The van der Waals surface area contributed by atoms with Gasteiger partial charge in [0.2, 0.25) is 0 Å². The Morgan fingerprint density at radius 3 is 2.33 bits per heavy atom. The number of benzene rings is 2. The minimum atomic E-state index is -0.623. The Kier molecular flexibility index (Phi) is 4.20. The molecule has 4 heteroatoms. The molecule has 2 aromatic carbocycles. The minimum absolute atomic E-state index is 0.0171. The lowest BCUT2D eigenvalue weighted by molar-refractivity contribution is 0.126. The zero-order chi connectivity index (χ0) is 15.1. The number of hydrogen-bond acceptors (Lipinski definition) is 1. The zero-order valence-electron chi connectivity index (χ0n) is 11.5. The summed E-state index contributed by atoms with van der Waals surface area (Å²) >= 11 is 18.3. The summed E-state index contributed by atoms with van der Waals surface area (Å²) < 4.78 is 0. The Morgan fingerprint density at radius 2 is 1.67 bits per heavy atom. The van der Waals surface area contributed by atoms with Gasteiger partial charge in [0, 0.05) is 26.5 Å². The van der Waals surface area contributed by atoms with Crippen molar-refractivity contribution in [2.24, 2.45) is 0 Å². The lowest BCUT2D eigenvalue weighted by Crippen LogP contribution is -2.21. The van der Waals surface area contributed by atoms with Crippen LogP contribution in [0.4, 0.5) is 0 Å². The molecule has 0 spiro atoms. The summed E-state index contributed by atoms with van der Waals surface area (Å²) in [6, 6.07) is 11.3. The molecule has 0 saturated carbocycles. The average molecular weight is 342 g/mol. The Morgan fingerprint density at radius 1 is 1.00 bits per heavy atom. The van der Waals surface area contributed by atoms with Crippen LogP contribution in [0.3, 0.4) is 0 Å². The lowest BCUT2D eigenvalue weighted by atomic mass is 9.73. The van der Waals surface area contributed by atoms with Crippen LogP contribution in [-0.4, -0.2) is 5.11 Å². The topological polar surface area (TPSA) is 20.2 Å². The van der Waals surface area contributed by atoms with Gasteiger partial charge in [-0.25, -0.2) is 0 Å². The number of fused-ring (bicyclic) bond motifs is 1. The summed E-state index contributed by atoms with van der Waals surface area (Å²) in [5.74, 6) is 0.309. The normalized spacial score (nSPS) is 24.7. The average Bonchev–Trinajstić information content (AvgIpc) is 2.43. The monoisotopic (exact) mass is 340 g/mol. The Hall–Kier alpha value is -0.730. The molecule has 0 saturated heterocycles.